The van der Waals surface area contributed by atoms with E-state index in [1.807, 2.05) is 0 Å². The second-order valence-corrected chi connectivity index (χ2v) is 10.0. The molecule has 1 aromatic heterocycles. The summed E-state index contributed by atoms with van der Waals surface area (Å²) >= 11 is 0. The predicted molar refractivity (Wildman–Crippen MR) is 122 cm³/mol. The molecule has 2 aromatic carbocycles. The molecule has 0 saturated carbocycles. The van der Waals surface area contributed by atoms with Gasteiger partial charge in [-0.15, -0.1) is 0 Å². The summed E-state index contributed by atoms with van der Waals surface area (Å²) in [6.07, 6.45) is 0.741. The highest BCUT2D eigenvalue weighted by Crippen LogP contribution is 2.45. The Kier molecular flexibility index (Phi) is 5.89. The van der Waals surface area contributed by atoms with Gasteiger partial charge in [-0.3, -0.25) is 9.59 Å². The molecule has 8 nitrogen and oxygen atoms in total. The standard InChI is InChI=1S/C24H24FNO7S/c1-5-33-23(28)24(12-15-10-20(31-2)21(32-3)11-18(15)22(24)27)13-17-9-14-8-16(25)6-7-19(14)26(17)34(4,29)30/h6-11H,5,12-13H2,1-4H3. The van der Waals surface area contributed by atoms with Crippen molar-refractivity contribution in [2.75, 3.05) is 27.1 Å². The van der Waals surface area contributed by atoms with E-state index in [0.29, 0.717) is 22.4 Å². The first kappa shape index (κ1) is 23.7. The largest absolute Gasteiger partial charge is 0.493 e. The van der Waals surface area contributed by atoms with Gasteiger partial charge in [0.25, 0.3) is 0 Å². The normalized spacial score (nSPS) is 17.6. The van der Waals surface area contributed by atoms with Crippen molar-refractivity contribution in [1.29, 1.82) is 0 Å². The van der Waals surface area contributed by atoms with Crippen LogP contribution in [-0.4, -0.2) is 51.2 Å². The number of methoxy groups -OCH3 is 2. The molecule has 3 aromatic rings. The molecule has 10 heteroatoms. The number of aromatic nitrogens is 1. The van der Waals surface area contributed by atoms with Crippen molar-refractivity contribution in [2.45, 2.75) is 19.8 Å². The van der Waals surface area contributed by atoms with Crippen LogP contribution in [0.3, 0.4) is 0 Å². The van der Waals surface area contributed by atoms with Gasteiger partial charge in [-0.25, -0.2) is 16.8 Å². The van der Waals surface area contributed by atoms with E-state index in [-0.39, 0.29) is 36.2 Å². The number of carbonyl (C=O) groups excluding carboxylic acids is 2. The molecule has 0 spiro atoms. The number of halogens is 1. The van der Waals surface area contributed by atoms with Crippen LogP contribution in [0.1, 0.15) is 28.5 Å². The van der Waals surface area contributed by atoms with Crippen LogP contribution in [0, 0.1) is 11.2 Å². The highest BCUT2D eigenvalue weighted by atomic mass is 32.2. The SMILES string of the molecule is CCOC(=O)C1(Cc2cc3cc(F)ccc3n2S(C)(=O)=O)Cc2cc(OC)c(OC)cc2C1=O. The Bertz CT molecular complexity index is 1430. The molecular weight excluding hydrogens is 465 g/mol. The van der Waals surface area contributed by atoms with E-state index in [9.17, 15) is 22.4 Å². The molecule has 4 rings (SSSR count). The number of Topliss-reactive ketones (excluding diaryl/α,β-unsaturated/α-hetero) is 1. The Hall–Kier alpha value is -3.40. The first-order valence-electron chi connectivity index (χ1n) is 10.5. The first-order valence-corrected chi connectivity index (χ1v) is 12.4. The third kappa shape index (κ3) is 3.71. The Morgan fingerprint density at radius 1 is 1.12 bits per heavy atom. The quantitative estimate of drug-likeness (QED) is 0.371. The summed E-state index contributed by atoms with van der Waals surface area (Å²) in [5.74, 6) is -1.07. The second-order valence-electron chi connectivity index (χ2n) is 8.22. The monoisotopic (exact) mass is 489 g/mol. The van der Waals surface area contributed by atoms with E-state index >= 15 is 0 Å². The fourth-order valence-corrected chi connectivity index (χ4v) is 5.70. The zero-order valence-corrected chi connectivity index (χ0v) is 20.0. The molecule has 1 atom stereocenters. The molecule has 0 amide bonds. The van der Waals surface area contributed by atoms with Gasteiger partial charge in [0.05, 0.1) is 32.6 Å². The molecule has 0 N–H and O–H groups in total. The summed E-state index contributed by atoms with van der Waals surface area (Å²) < 4.78 is 56.2. The summed E-state index contributed by atoms with van der Waals surface area (Å²) in [5, 5.41) is 0.339. The van der Waals surface area contributed by atoms with Crippen LogP contribution < -0.4 is 9.47 Å². The van der Waals surface area contributed by atoms with Crippen LogP contribution in [0.15, 0.2) is 36.4 Å². The molecule has 1 heterocycles. The van der Waals surface area contributed by atoms with Crippen LogP contribution in [0.25, 0.3) is 10.9 Å². The molecule has 1 aliphatic carbocycles. The van der Waals surface area contributed by atoms with E-state index in [4.69, 9.17) is 14.2 Å². The Labute approximate surface area is 196 Å². The smallest absolute Gasteiger partial charge is 0.320 e. The number of ketones is 1. The number of nitrogens with zero attached hydrogens (tertiary/aromatic N) is 1. The van der Waals surface area contributed by atoms with Crippen molar-refractivity contribution in [3.05, 3.63) is 59.0 Å². The Morgan fingerprint density at radius 2 is 1.79 bits per heavy atom. The number of benzene rings is 2. The van der Waals surface area contributed by atoms with Gasteiger partial charge in [-0.2, -0.15) is 0 Å². The average Bonchev–Trinajstić information content (AvgIpc) is 3.27. The van der Waals surface area contributed by atoms with Crippen LogP contribution in [0.2, 0.25) is 0 Å². The fraction of sp³-hybridized carbons (Fsp3) is 0.333. The number of hydrogen-bond donors (Lipinski definition) is 0. The number of esters is 1. The molecular formula is C24H24FNO7S. The maximum atomic E-state index is 13.9. The number of rotatable bonds is 7. The highest BCUT2D eigenvalue weighted by molar-refractivity contribution is 7.89. The first-order chi connectivity index (χ1) is 16.1. The maximum Gasteiger partial charge on any atom is 0.320 e. The third-order valence-electron chi connectivity index (χ3n) is 6.05. The van der Waals surface area contributed by atoms with E-state index < -0.39 is 33.0 Å². The van der Waals surface area contributed by atoms with Gasteiger partial charge in [0, 0.05) is 23.1 Å². The molecule has 0 fully saturated rings. The zero-order valence-electron chi connectivity index (χ0n) is 19.2. The van der Waals surface area contributed by atoms with Crippen LogP contribution >= 0.6 is 0 Å². The maximum absolute atomic E-state index is 13.9. The predicted octanol–water partition coefficient (Wildman–Crippen LogP) is 3.14. The molecule has 1 unspecified atom stereocenters. The molecule has 0 saturated heterocycles. The number of hydrogen-bond acceptors (Lipinski definition) is 7. The topological polar surface area (TPSA) is 101 Å². The van der Waals surface area contributed by atoms with Crippen LogP contribution in [0.5, 0.6) is 11.5 Å². The van der Waals surface area contributed by atoms with Gasteiger partial charge in [-0.05, 0) is 55.3 Å². The van der Waals surface area contributed by atoms with Gasteiger partial charge >= 0.3 is 5.97 Å². The van der Waals surface area contributed by atoms with Crippen molar-refractivity contribution in [1.82, 2.24) is 3.97 Å². The summed E-state index contributed by atoms with van der Waals surface area (Å²) in [6, 6.07) is 8.35. The molecule has 0 aliphatic heterocycles. The second kappa shape index (κ2) is 8.43. The molecule has 0 radical (unpaired) electrons. The van der Waals surface area contributed by atoms with Crippen molar-refractivity contribution in [3.8, 4) is 11.5 Å². The Balaban J connectivity index is 1.92. The van der Waals surface area contributed by atoms with E-state index in [2.05, 4.69) is 0 Å². The minimum absolute atomic E-state index is 0.0139. The lowest BCUT2D eigenvalue weighted by Gasteiger charge is -2.25. The molecule has 180 valence electrons. The van der Waals surface area contributed by atoms with Crippen molar-refractivity contribution in [3.63, 3.8) is 0 Å². The molecule has 1 aliphatic rings. The minimum Gasteiger partial charge on any atom is -0.493 e. The van der Waals surface area contributed by atoms with Gasteiger partial charge in [0.15, 0.2) is 17.3 Å². The van der Waals surface area contributed by atoms with Crippen molar-refractivity contribution in [2.24, 2.45) is 5.41 Å². The van der Waals surface area contributed by atoms with E-state index in [0.717, 1.165) is 16.3 Å². The zero-order chi connectivity index (χ0) is 24.8. The summed E-state index contributed by atoms with van der Waals surface area (Å²) in [7, 11) is -0.953. The van der Waals surface area contributed by atoms with Gasteiger partial charge < -0.3 is 14.2 Å². The summed E-state index contributed by atoms with van der Waals surface area (Å²) in [6.45, 7) is 1.66. The fourth-order valence-electron chi connectivity index (χ4n) is 4.63. The van der Waals surface area contributed by atoms with Gasteiger partial charge in [-0.1, -0.05) is 0 Å². The van der Waals surface area contributed by atoms with Gasteiger partial charge in [0.1, 0.15) is 11.2 Å². The summed E-state index contributed by atoms with van der Waals surface area (Å²) in [5.41, 5.74) is -0.437. The lowest BCUT2D eigenvalue weighted by atomic mass is 9.79. The highest BCUT2D eigenvalue weighted by Gasteiger charge is 2.53. The van der Waals surface area contributed by atoms with Crippen molar-refractivity contribution >= 4 is 32.7 Å². The Morgan fingerprint density at radius 3 is 2.41 bits per heavy atom. The number of carbonyl (C=O) groups is 2. The van der Waals surface area contributed by atoms with E-state index in [1.54, 1.807) is 13.0 Å². The lowest BCUT2D eigenvalue weighted by molar-refractivity contribution is -0.152. The number of fused-ring (bicyclic) bond motifs is 2. The van der Waals surface area contributed by atoms with Crippen LogP contribution in [-0.2, 0) is 32.4 Å². The van der Waals surface area contributed by atoms with Gasteiger partial charge in [0.2, 0.25) is 10.0 Å². The number of ether oxygens (including phenoxy) is 3. The lowest BCUT2D eigenvalue weighted by Crippen LogP contribution is -2.41. The van der Waals surface area contributed by atoms with Crippen LogP contribution in [0.4, 0.5) is 4.39 Å². The van der Waals surface area contributed by atoms with Crippen molar-refractivity contribution < 1.29 is 36.6 Å². The van der Waals surface area contributed by atoms with E-state index in [1.165, 1.54) is 38.5 Å². The summed E-state index contributed by atoms with van der Waals surface area (Å²) in [4.78, 5) is 27.0. The minimum atomic E-state index is -3.85. The molecule has 0 bridgehead atoms. The third-order valence-corrected chi connectivity index (χ3v) is 7.15. The average molecular weight is 490 g/mol. The molecule has 34 heavy (non-hydrogen) atoms.